The van der Waals surface area contributed by atoms with Gasteiger partial charge in [-0.2, -0.15) is 0 Å². The molecule has 4 aromatic carbocycles. The zero-order valence-corrected chi connectivity index (χ0v) is 20.6. The number of benzene rings is 4. The van der Waals surface area contributed by atoms with E-state index in [9.17, 15) is 0 Å². The molecule has 7 aromatic rings. The Hall–Kier alpha value is -4.41. The van der Waals surface area contributed by atoms with Crippen molar-refractivity contribution in [3.05, 3.63) is 132 Å². The van der Waals surface area contributed by atoms with Crippen LogP contribution in [0.2, 0.25) is 5.15 Å². The minimum absolute atomic E-state index is 0.572. The number of para-hydroxylation sites is 3. The SMILES string of the molecule is Cc1ccccc1N.Clc1nccc2ccccc12.c1ccc2c(c1)ccn1c3ccccc3nc21. The molecule has 0 aliphatic rings. The summed E-state index contributed by atoms with van der Waals surface area (Å²) in [5, 5.41) is 5.15. The van der Waals surface area contributed by atoms with Gasteiger partial charge in [0.05, 0.1) is 11.0 Å². The summed E-state index contributed by atoms with van der Waals surface area (Å²) in [5.74, 6) is 0. The van der Waals surface area contributed by atoms with E-state index in [2.05, 4.69) is 58.0 Å². The van der Waals surface area contributed by atoms with Crippen LogP contribution in [0.15, 0.2) is 122 Å². The van der Waals surface area contributed by atoms with E-state index in [1.165, 1.54) is 10.8 Å². The molecule has 0 bridgehead atoms. The van der Waals surface area contributed by atoms with Gasteiger partial charge in [0.25, 0.3) is 0 Å². The Morgan fingerprint density at radius 3 is 2.06 bits per heavy atom. The van der Waals surface area contributed by atoms with Crippen LogP contribution in [0.4, 0.5) is 5.69 Å². The molecular weight excluding hydrogens is 464 g/mol. The van der Waals surface area contributed by atoms with Crippen molar-refractivity contribution in [1.29, 1.82) is 0 Å². The molecule has 0 unspecified atom stereocenters. The van der Waals surface area contributed by atoms with Gasteiger partial charge in [0.2, 0.25) is 0 Å². The average molecular weight is 489 g/mol. The molecule has 36 heavy (non-hydrogen) atoms. The number of imidazole rings is 1. The van der Waals surface area contributed by atoms with Gasteiger partial charge in [-0.1, -0.05) is 90.5 Å². The fraction of sp³-hybridized carbons (Fsp3) is 0.0323. The highest BCUT2D eigenvalue weighted by molar-refractivity contribution is 6.34. The Morgan fingerprint density at radius 1 is 0.694 bits per heavy atom. The summed E-state index contributed by atoms with van der Waals surface area (Å²) in [5.41, 5.74) is 10.8. The topological polar surface area (TPSA) is 56.2 Å². The van der Waals surface area contributed by atoms with E-state index in [0.717, 1.165) is 38.7 Å². The number of hydrogen-bond acceptors (Lipinski definition) is 3. The normalized spacial score (nSPS) is 10.6. The molecule has 0 aliphatic carbocycles. The summed E-state index contributed by atoms with van der Waals surface area (Å²) in [6, 6.07) is 36.4. The van der Waals surface area contributed by atoms with Crippen LogP contribution < -0.4 is 5.73 Å². The first-order chi connectivity index (χ1) is 17.6. The number of halogens is 1. The molecule has 4 nitrogen and oxygen atoms in total. The van der Waals surface area contributed by atoms with Crippen molar-refractivity contribution in [3.63, 3.8) is 0 Å². The standard InChI is InChI=1S/C15H10N2.C9H6ClN.C7H9N/c1-2-6-12-11(5-1)9-10-17-14-8-4-3-7-13(14)16-15(12)17;10-9-8-4-2-1-3-7(8)5-6-11-9;1-6-4-2-3-5-7(6)8/h1-10H;1-6H;2-5H,8H2,1H3. The van der Waals surface area contributed by atoms with Crippen LogP contribution in [0.5, 0.6) is 0 Å². The lowest BCUT2D eigenvalue weighted by atomic mass is 10.2. The third kappa shape index (κ3) is 4.85. The lowest BCUT2D eigenvalue weighted by Gasteiger charge is -2.00. The molecule has 0 spiro atoms. The molecule has 3 aromatic heterocycles. The van der Waals surface area contributed by atoms with Gasteiger partial charge in [-0.25, -0.2) is 9.97 Å². The van der Waals surface area contributed by atoms with Gasteiger partial charge in [-0.3, -0.25) is 4.40 Å². The number of aromatic nitrogens is 3. The first-order valence-electron chi connectivity index (χ1n) is 11.7. The van der Waals surface area contributed by atoms with Crippen molar-refractivity contribution in [2.45, 2.75) is 6.92 Å². The number of pyridine rings is 2. The maximum Gasteiger partial charge on any atom is 0.145 e. The van der Waals surface area contributed by atoms with E-state index in [-0.39, 0.29) is 0 Å². The van der Waals surface area contributed by atoms with Crippen molar-refractivity contribution in [2.24, 2.45) is 0 Å². The summed E-state index contributed by atoms with van der Waals surface area (Å²) < 4.78 is 2.15. The molecule has 2 N–H and O–H groups in total. The number of anilines is 1. The molecule has 3 heterocycles. The van der Waals surface area contributed by atoms with Gasteiger partial charge in [0.15, 0.2) is 0 Å². The van der Waals surface area contributed by atoms with Gasteiger partial charge in [0, 0.05) is 28.9 Å². The van der Waals surface area contributed by atoms with Gasteiger partial charge in [-0.05, 0) is 53.6 Å². The lowest BCUT2D eigenvalue weighted by molar-refractivity contribution is 1.25. The Labute approximate surface area is 214 Å². The molecule has 0 radical (unpaired) electrons. The molecular formula is C31H25ClN4. The monoisotopic (exact) mass is 488 g/mol. The highest BCUT2D eigenvalue weighted by atomic mass is 35.5. The van der Waals surface area contributed by atoms with Crippen molar-refractivity contribution in [2.75, 3.05) is 5.73 Å². The second-order valence-corrected chi connectivity index (χ2v) is 8.73. The number of aryl methyl sites for hydroxylation is 1. The predicted octanol–water partition coefficient (Wildman–Crippen LogP) is 8.11. The van der Waals surface area contributed by atoms with Crippen LogP contribution in [-0.4, -0.2) is 14.4 Å². The molecule has 176 valence electrons. The van der Waals surface area contributed by atoms with Crippen LogP contribution in [-0.2, 0) is 0 Å². The average Bonchev–Trinajstić information content (AvgIpc) is 3.31. The summed E-state index contributed by atoms with van der Waals surface area (Å²) >= 11 is 5.85. The maximum absolute atomic E-state index is 5.85. The van der Waals surface area contributed by atoms with Crippen LogP contribution in [0.25, 0.3) is 38.2 Å². The van der Waals surface area contributed by atoms with Crippen molar-refractivity contribution >= 4 is 55.5 Å². The second-order valence-electron chi connectivity index (χ2n) is 8.38. The Bertz CT molecular complexity index is 1760. The highest BCUT2D eigenvalue weighted by Crippen LogP contribution is 2.23. The fourth-order valence-electron chi connectivity index (χ4n) is 4.06. The minimum atomic E-state index is 0.572. The number of hydrogen-bond donors (Lipinski definition) is 1. The second kappa shape index (κ2) is 10.5. The maximum atomic E-state index is 5.85. The molecule has 7 rings (SSSR count). The molecule has 0 aliphatic heterocycles. The van der Waals surface area contributed by atoms with Crippen molar-refractivity contribution in [1.82, 2.24) is 14.4 Å². The Balaban J connectivity index is 0.000000121. The first-order valence-corrected chi connectivity index (χ1v) is 12.0. The van der Waals surface area contributed by atoms with Crippen LogP contribution in [0.3, 0.4) is 0 Å². The van der Waals surface area contributed by atoms with E-state index >= 15 is 0 Å². The number of rotatable bonds is 0. The van der Waals surface area contributed by atoms with Crippen LogP contribution in [0.1, 0.15) is 5.56 Å². The summed E-state index contributed by atoms with van der Waals surface area (Å²) in [6.07, 6.45) is 3.80. The molecule has 0 saturated heterocycles. The van der Waals surface area contributed by atoms with Gasteiger partial charge < -0.3 is 5.73 Å². The summed E-state index contributed by atoms with van der Waals surface area (Å²) in [6.45, 7) is 2.00. The molecule has 0 amide bonds. The van der Waals surface area contributed by atoms with Gasteiger partial charge in [-0.15, -0.1) is 0 Å². The third-order valence-corrected chi connectivity index (χ3v) is 6.32. The molecule has 5 heteroatoms. The van der Waals surface area contributed by atoms with Gasteiger partial charge >= 0.3 is 0 Å². The Kier molecular flexibility index (Phi) is 6.78. The van der Waals surface area contributed by atoms with Crippen molar-refractivity contribution in [3.8, 4) is 0 Å². The highest BCUT2D eigenvalue weighted by Gasteiger charge is 2.06. The quantitative estimate of drug-likeness (QED) is 0.173. The molecule has 0 atom stereocenters. The van der Waals surface area contributed by atoms with Crippen LogP contribution in [0, 0.1) is 6.92 Å². The number of nitrogens with two attached hydrogens (primary N) is 1. The zero-order chi connectivity index (χ0) is 24.9. The number of nitrogens with zero attached hydrogens (tertiary/aromatic N) is 3. The van der Waals surface area contributed by atoms with E-state index in [4.69, 9.17) is 22.3 Å². The first kappa shape index (κ1) is 23.3. The van der Waals surface area contributed by atoms with E-state index in [1.807, 2.05) is 73.7 Å². The van der Waals surface area contributed by atoms with E-state index in [0.29, 0.717) is 5.15 Å². The molecule has 0 fully saturated rings. The van der Waals surface area contributed by atoms with Crippen molar-refractivity contribution < 1.29 is 0 Å². The minimum Gasteiger partial charge on any atom is -0.399 e. The molecule has 0 saturated carbocycles. The fourth-order valence-corrected chi connectivity index (χ4v) is 4.28. The van der Waals surface area contributed by atoms with E-state index < -0.39 is 0 Å². The van der Waals surface area contributed by atoms with Crippen LogP contribution >= 0.6 is 11.6 Å². The predicted molar refractivity (Wildman–Crippen MR) is 153 cm³/mol. The third-order valence-electron chi connectivity index (χ3n) is 6.01. The number of nitrogen functional groups attached to an aromatic ring is 1. The largest absolute Gasteiger partial charge is 0.399 e. The lowest BCUT2D eigenvalue weighted by Crippen LogP contribution is -1.85. The van der Waals surface area contributed by atoms with E-state index in [1.54, 1.807) is 6.20 Å². The summed E-state index contributed by atoms with van der Waals surface area (Å²) in [7, 11) is 0. The van der Waals surface area contributed by atoms with Gasteiger partial charge in [0.1, 0.15) is 10.8 Å². The Morgan fingerprint density at radius 2 is 1.33 bits per heavy atom. The smallest absolute Gasteiger partial charge is 0.145 e. The summed E-state index contributed by atoms with van der Waals surface area (Å²) in [4.78, 5) is 8.68. The zero-order valence-electron chi connectivity index (χ0n) is 19.8. The number of fused-ring (bicyclic) bond motifs is 6.